The molecule has 0 saturated carbocycles. The van der Waals surface area contributed by atoms with Gasteiger partial charge in [-0.3, -0.25) is 14.8 Å². The number of carbonyl (C=O) groups excluding carboxylic acids is 3. The Hall–Kier alpha value is -2.17. The van der Waals surface area contributed by atoms with Crippen LogP contribution in [0.3, 0.4) is 0 Å². The van der Waals surface area contributed by atoms with E-state index in [1.165, 1.54) is 5.38 Å². The molecule has 13 nitrogen and oxygen atoms in total. The standard InChI is InChI=1S/C11H14N6O7S2/c12-10-14-6(4-25-10)9(19)17-3-5(1-2-7(17)8(18)15-13)16(11(17)20)24-26(21,22)23/h4-5,7H,1-3,13H2,(H3-,12,14,15,18,21,22,23)/p+1/t5-,7+,17?/m1/s1. The Morgan fingerprint density at radius 2 is 2.15 bits per heavy atom. The summed E-state index contributed by atoms with van der Waals surface area (Å²) in [5.74, 6) is 3.55. The van der Waals surface area contributed by atoms with Crippen LogP contribution in [0, 0.1) is 0 Å². The van der Waals surface area contributed by atoms with Gasteiger partial charge in [0, 0.05) is 11.8 Å². The summed E-state index contributed by atoms with van der Waals surface area (Å²) in [7, 11) is -5.01. The molecule has 0 aliphatic carbocycles. The van der Waals surface area contributed by atoms with Gasteiger partial charge in [0.2, 0.25) is 0 Å². The summed E-state index contributed by atoms with van der Waals surface area (Å²) in [6.07, 6.45) is 0.210. The molecule has 2 bridgehead atoms. The fourth-order valence-corrected chi connectivity index (χ4v) is 4.31. The lowest BCUT2D eigenvalue weighted by Gasteiger charge is -2.35. The summed E-state index contributed by atoms with van der Waals surface area (Å²) in [4.78, 5) is 42.1. The minimum absolute atomic E-state index is 0.0517. The van der Waals surface area contributed by atoms with Gasteiger partial charge in [0.15, 0.2) is 16.9 Å². The molecule has 15 heteroatoms. The molecule has 2 fully saturated rings. The third-order valence-corrected chi connectivity index (χ3v) is 5.41. The highest BCUT2D eigenvalue weighted by Gasteiger charge is 2.68. The van der Waals surface area contributed by atoms with E-state index in [1.54, 1.807) is 0 Å². The number of hydroxylamine groups is 2. The molecular formula is C11H15N6O7S2+. The molecule has 2 aliphatic rings. The van der Waals surface area contributed by atoms with Crippen LogP contribution in [0.1, 0.15) is 23.3 Å². The number of fused-ring (bicyclic) bond motifs is 2. The number of piperidine rings is 1. The van der Waals surface area contributed by atoms with Crippen LogP contribution in [0.4, 0.5) is 9.93 Å². The average molecular weight is 407 g/mol. The summed E-state index contributed by atoms with van der Waals surface area (Å²) in [5.41, 5.74) is 7.28. The number of urea groups is 1. The van der Waals surface area contributed by atoms with Crippen LogP contribution >= 0.6 is 11.3 Å². The summed E-state index contributed by atoms with van der Waals surface area (Å²) in [6, 6.07) is -3.17. The molecule has 1 aromatic rings. The number of nitrogen functional groups attached to an aromatic ring is 1. The largest absolute Gasteiger partial charge is 0.453 e. The van der Waals surface area contributed by atoms with Crippen molar-refractivity contribution in [3.63, 3.8) is 0 Å². The van der Waals surface area contributed by atoms with Crippen LogP contribution < -0.4 is 17.0 Å². The summed E-state index contributed by atoms with van der Waals surface area (Å²) in [6.45, 7) is -0.247. The number of quaternary nitrogens is 1. The first-order valence-corrected chi connectivity index (χ1v) is 9.49. The second-order valence-corrected chi connectivity index (χ2v) is 7.69. The molecule has 2 aliphatic heterocycles. The zero-order valence-corrected chi connectivity index (χ0v) is 14.7. The average Bonchev–Trinajstić information content (AvgIpc) is 3.09. The summed E-state index contributed by atoms with van der Waals surface area (Å²) in [5, 5.41) is 1.82. The van der Waals surface area contributed by atoms with Crippen molar-refractivity contribution in [1.29, 1.82) is 0 Å². The van der Waals surface area contributed by atoms with E-state index in [9.17, 15) is 22.8 Å². The van der Waals surface area contributed by atoms with Crippen LogP contribution in [0.2, 0.25) is 0 Å². The third-order valence-electron chi connectivity index (χ3n) is 4.39. The van der Waals surface area contributed by atoms with Crippen molar-refractivity contribution >= 4 is 44.7 Å². The lowest BCUT2D eigenvalue weighted by atomic mass is 9.96. The van der Waals surface area contributed by atoms with E-state index in [0.717, 1.165) is 11.3 Å². The summed E-state index contributed by atoms with van der Waals surface area (Å²) >= 11 is 0.965. The number of anilines is 1. The molecule has 3 heterocycles. The smallest absolute Gasteiger partial charge is 0.375 e. The van der Waals surface area contributed by atoms with Gasteiger partial charge in [-0.25, -0.2) is 20.4 Å². The van der Waals surface area contributed by atoms with Gasteiger partial charge >= 0.3 is 22.3 Å². The van der Waals surface area contributed by atoms with Gasteiger partial charge in [0.1, 0.15) is 12.6 Å². The molecule has 3 rings (SSSR count). The Kier molecular flexibility index (Phi) is 4.45. The highest BCUT2D eigenvalue weighted by atomic mass is 32.3. The quantitative estimate of drug-likeness (QED) is 0.148. The number of nitrogens with two attached hydrogens (primary N) is 2. The maximum absolute atomic E-state index is 13.1. The Morgan fingerprint density at radius 1 is 1.46 bits per heavy atom. The molecule has 0 spiro atoms. The van der Waals surface area contributed by atoms with Crippen LogP contribution in [0.25, 0.3) is 0 Å². The number of rotatable bonds is 4. The molecule has 3 atom stereocenters. The van der Waals surface area contributed by atoms with E-state index in [2.05, 4.69) is 9.27 Å². The highest BCUT2D eigenvalue weighted by molar-refractivity contribution is 7.80. The van der Waals surface area contributed by atoms with Gasteiger partial charge in [-0.1, -0.05) is 0 Å². The molecule has 2 saturated heterocycles. The first-order chi connectivity index (χ1) is 12.1. The first-order valence-electron chi connectivity index (χ1n) is 7.25. The van der Waals surface area contributed by atoms with Crippen molar-refractivity contribution in [2.75, 3.05) is 12.3 Å². The van der Waals surface area contributed by atoms with Gasteiger partial charge in [-0.05, 0) is 6.42 Å². The second-order valence-electron chi connectivity index (χ2n) is 5.79. The molecular weight excluding hydrogens is 392 g/mol. The lowest BCUT2D eigenvalue weighted by molar-refractivity contribution is -0.782. The number of nitrogens with one attached hydrogen (secondary N) is 1. The predicted molar refractivity (Wildman–Crippen MR) is 85.0 cm³/mol. The van der Waals surface area contributed by atoms with Crippen LogP contribution in [-0.4, -0.2) is 64.0 Å². The number of aromatic nitrogens is 1. The van der Waals surface area contributed by atoms with E-state index in [4.69, 9.17) is 16.1 Å². The second kappa shape index (κ2) is 6.22. The van der Waals surface area contributed by atoms with Gasteiger partial charge in [-0.2, -0.15) is 12.9 Å². The number of hydrazine groups is 1. The normalized spacial score (nSPS) is 28.2. The number of thiazole rings is 1. The summed E-state index contributed by atoms with van der Waals surface area (Å²) < 4.78 is 34.3. The lowest BCUT2D eigenvalue weighted by Crippen LogP contribution is -2.67. The van der Waals surface area contributed by atoms with Crippen molar-refractivity contribution in [1.82, 2.24) is 15.5 Å². The monoisotopic (exact) mass is 407 g/mol. The molecule has 1 aromatic heterocycles. The van der Waals surface area contributed by atoms with Crippen molar-refractivity contribution in [2.24, 2.45) is 5.84 Å². The number of amides is 4. The zero-order chi connectivity index (χ0) is 19.3. The van der Waals surface area contributed by atoms with E-state index in [1.807, 2.05) is 5.43 Å². The van der Waals surface area contributed by atoms with Crippen LogP contribution in [0.5, 0.6) is 0 Å². The van der Waals surface area contributed by atoms with Crippen molar-refractivity contribution in [2.45, 2.75) is 24.9 Å². The Morgan fingerprint density at radius 3 is 2.69 bits per heavy atom. The molecule has 1 unspecified atom stereocenters. The molecule has 0 aromatic carbocycles. The van der Waals surface area contributed by atoms with E-state index >= 15 is 0 Å². The fraction of sp³-hybridized carbons (Fsp3) is 0.455. The van der Waals surface area contributed by atoms with E-state index in [-0.39, 0.29) is 30.2 Å². The topological polar surface area (TPSA) is 195 Å². The van der Waals surface area contributed by atoms with Gasteiger partial charge in [0.25, 0.3) is 5.91 Å². The minimum Gasteiger partial charge on any atom is -0.375 e. The van der Waals surface area contributed by atoms with Gasteiger partial charge < -0.3 is 5.73 Å². The van der Waals surface area contributed by atoms with Crippen molar-refractivity contribution in [3.05, 3.63) is 11.1 Å². The van der Waals surface area contributed by atoms with Gasteiger partial charge in [0.05, 0.1) is 0 Å². The van der Waals surface area contributed by atoms with Crippen LogP contribution in [0.15, 0.2) is 5.38 Å². The Balaban J connectivity index is 2.09. The van der Waals surface area contributed by atoms with E-state index < -0.39 is 44.8 Å². The Labute approximate surface area is 151 Å². The molecule has 4 amide bonds. The molecule has 142 valence electrons. The minimum atomic E-state index is -5.01. The van der Waals surface area contributed by atoms with Crippen LogP contribution in [-0.2, 0) is 19.5 Å². The zero-order valence-electron chi connectivity index (χ0n) is 13.1. The number of imide groups is 1. The fourth-order valence-electron chi connectivity index (χ4n) is 3.38. The number of nitrogens with zero attached hydrogens (tertiary/aromatic N) is 3. The maximum atomic E-state index is 13.1. The third kappa shape index (κ3) is 2.83. The SMILES string of the molecule is NNC(=O)[C@@H]1CC[C@@H]2C[N+]1(C(=O)c1csc(N)n1)C(=O)N2OS(=O)(=O)O. The Bertz CT molecular complexity index is 885. The number of hydrogen-bond donors (Lipinski definition) is 4. The van der Waals surface area contributed by atoms with Crippen molar-refractivity contribution in [3.8, 4) is 0 Å². The molecule has 0 radical (unpaired) electrons. The number of hydrogen-bond acceptors (Lipinski definition) is 10. The maximum Gasteiger partial charge on any atom is 0.453 e. The van der Waals surface area contributed by atoms with Gasteiger partial charge in [-0.15, -0.1) is 20.7 Å². The predicted octanol–water partition coefficient (Wildman–Crippen LogP) is -1.63. The molecule has 6 N–H and O–H groups in total. The van der Waals surface area contributed by atoms with Crippen molar-refractivity contribution < 1.29 is 36.1 Å². The number of carbonyl (C=O) groups is 3. The highest BCUT2D eigenvalue weighted by Crippen LogP contribution is 2.39. The molecule has 26 heavy (non-hydrogen) atoms. The first kappa shape index (κ1) is 18.6. The van der Waals surface area contributed by atoms with E-state index in [0.29, 0.717) is 5.06 Å².